The van der Waals surface area contributed by atoms with E-state index in [1.165, 1.54) is 0 Å². The number of hydrogen-bond acceptors (Lipinski definition) is 5. The maximum absolute atomic E-state index is 14.7. The van der Waals surface area contributed by atoms with Gasteiger partial charge in [-0.15, -0.1) is 0 Å². The van der Waals surface area contributed by atoms with E-state index in [9.17, 15) is 41.8 Å². The zero-order valence-corrected chi connectivity index (χ0v) is 16.4. The van der Waals surface area contributed by atoms with E-state index in [0.29, 0.717) is 12.1 Å². The van der Waals surface area contributed by atoms with E-state index >= 15 is 0 Å². The third-order valence-corrected chi connectivity index (χ3v) is 5.77. The van der Waals surface area contributed by atoms with E-state index in [0.717, 1.165) is 16.0 Å². The van der Waals surface area contributed by atoms with Crippen molar-refractivity contribution in [3.63, 3.8) is 0 Å². The van der Waals surface area contributed by atoms with Gasteiger partial charge < -0.3 is 25.3 Å². The van der Waals surface area contributed by atoms with Crippen molar-refractivity contribution in [3.05, 3.63) is 58.4 Å². The molecule has 3 heterocycles. The number of aliphatic hydroxyl groups is 2. The van der Waals surface area contributed by atoms with Crippen molar-refractivity contribution in [3.8, 4) is 0 Å². The Balaban J connectivity index is 1.63. The molecule has 3 aliphatic heterocycles. The van der Waals surface area contributed by atoms with Crippen LogP contribution in [0.4, 0.5) is 22.0 Å². The van der Waals surface area contributed by atoms with Gasteiger partial charge in [0.2, 0.25) is 0 Å². The molecule has 3 N–H and O–H groups in total. The molecule has 7 nitrogen and oxygen atoms in total. The van der Waals surface area contributed by atoms with Crippen LogP contribution in [0.5, 0.6) is 0 Å². The van der Waals surface area contributed by atoms with Crippen LogP contribution < -0.4 is 5.32 Å². The third kappa shape index (κ3) is 3.57. The minimum absolute atomic E-state index is 0.0333. The molecule has 32 heavy (non-hydrogen) atoms. The molecule has 2 bridgehead atoms. The highest BCUT2D eigenvalue weighted by molar-refractivity contribution is 5.99. The molecule has 172 valence electrons. The molecule has 1 aromatic carbocycles. The van der Waals surface area contributed by atoms with Gasteiger partial charge in [-0.25, -0.2) is 22.0 Å². The van der Waals surface area contributed by atoms with Crippen LogP contribution >= 0.6 is 0 Å². The highest BCUT2D eigenvalue weighted by Crippen LogP contribution is 2.40. The van der Waals surface area contributed by atoms with Gasteiger partial charge in [-0.1, -0.05) is 0 Å². The monoisotopic (exact) mass is 459 g/mol. The van der Waals surface area contributed by atoms with Crippen LogP contribution in [0.3, 0.4) is 0 Å². The number of nitrogens with zero attached hydrogens (tertiary/aromatic N) is 2. The van der Waals surface area contributed by atoms with Gasteiger partial charge in [-0.3, -0.25) is 9.59 Å². The number of aliphatic hydroxyl groups excluding tert-OH is 2. The lowest BCUT2D eigenvalue weighted by Crippen LogP contribution is -2.59. The summed E-state index contributed by atoms with van der Waals surface area (Å²) < 4.78 is 70.0. The van der Waals surface area contributed by atoms with E-state index in [1.54, 1.807) is 0 Å². The number of alkyl halides is 2. The highest BCUT2D eigenvalue weighted by atomic mass is 19.3. The molecule has 0 aliphatic carbocycles. The number of amides is 2. The summed E-state index contributed by atoms with van der Waals surface area (Å²) in [6, 6.07) is -0.749. The molecule has 4 rings (SSSR count). The highest BCUT2D eigenvalue weighted by Gasteiger charge is 2.53. The Morgan fingerprint density at radius 2 is 1.88 bits per heavy atom. The van der Waals surface area contributed by atoms with Gasteiger partial charge in [0, 0.05) is 50.0 Å². The molecule has 2 atom stereocenters. The summed E-state index contributed by atoms with van der Waals surface area (Å²) in [5.74, 6) is -9.80. The van der Waals surface area contributed by atoms with E-state index in [4.69, 9.17) is 0 Å². The zero-order valence-electron chi connectivity index (χ0n) is 16.4. The number of carbonyl (C=O) groups is 2. The molecule has 0 radical (unpaired) electrons. The fourth-order valence-corrected chi connectivity index (χ4v) is 4.09. The van der Waals surface area contributed by atoms with Crippen LogP contribution in [0.25, 0.3) is 0 Å². The van der Waals surface area contributed by atoms with Crippen molar-refractivity contribution < 1.29 is 41.8 Å². The molecule has 0 aromatic heterocycles. The number of benzene rings is 1. The first-order chi connectivity index (χ1) is 15.0. The predicted octanol–water partition coefficient (Wildman–Crippen LogP) is 1.69. The van der Waals surface area contributed by atoms with Gasteiger partial charge in [0.05, 0.1) is 5.57 Å². The second-order valence-electron chi connectivity index (χ2n) is 7.79. The molecule has 1 unspecified atom stereocenters. The van der Waals surface area contributed by atoms with Gasteiger partial charge in [0.15, 0.2) is 5.76 Å². The van der Waals surface area contributed by atoms with E-state index in [2.05, 4.69) is 5.32 Å². The SMILES string of the molecule is O=C(NCc1c(F)cc(F)cc1F)C1=CN2C(=C(O)C1O)C(=O)N1CCCC(F)(F)[C@H]2C1. The number of fused-ring (bicyclic) bond motifs is 4. The van der Waals surface area contributed by atoms with Crippen LogP contribution in [0.15, 0.2) is 35.4 Å². The molecular formula is C20H18F5N3O4. The molecule has 0 spiro atoms. The number of hydrogen-bond donors (Lipinski definition) is 3. The van der Waals surface area contributed by atoms with E-state index < -0.39 is 82.9 Å². The van der Waals surface area contributed by atoms with Crippen LogP contribution in [-0.2, 0) is 16.1 Å². The lowest BCUT2D eigenvalue weighted by Gasteiger charge is -2.45. The Morgan fingerprint density at radius 1 is 1.22 bits per heavy atom. The summed E-state index contributed by atoms with van der Waals surface area (Å²) in [4.78, 5) is 27.2. The van der Waals surface area contributed by atoms with Gasteiger partial charge in [-0.05, 0) is 6.42 Å². The molecule has 1 aromatic rings. The largest absolute Gasteiger partial charge is 0.507 e. The normalized spacial score (nSPS) is 24.7. The summed E-state index contributed by atoms with van der Waals surface area (Å²) in [6.45, 7) is -1.04. The van der Waals surface area contributed by atoms with Crippen molar-refractivity contribution >= 4 is 11.8 Å². The van der Waals surface area contributed by atoms with Crippen LogP contribution in [0, 0.1) is 17.5 Å². The molecular weight excluding hydrogens is 441 g/mol. The molecule has 12 heteroatoms. The number of carbonyl (C=O) groups excluding carboxylic acids is 2. The standard InChI is InChI=1S/C20H18F5N3O4/c21-9-4-12(22)10(13(23)5-9)6-26-18(31)11-7-28-14-8-27(3-1-2-20(14,24)25)19(32)15(28)17(30)16(11)29/h4-5,7,14,16,29-30H,1-3,6,8H2,(H,26,31)/t14-,16?/m1/s1. The lowest BCUT2D eigenvalue weighted by molar-refractivity contribution is -0.138. The first-order valence-corrected chi connectivity index (χ1v) is 9.71. The topological polar surface area (TPSA) is 93.1 Å². The number of halogens is 5. The average molecular weight is 459 g/mol. The Bertz CT molecular complexity index is 1030. The smallest absolute Gasteiger partial charge is 0.274 e. The number of nitrogens with one attached hydrogen (secondary N) is 1. The Labute approximate surface area is 178 Å². The minimum atomic E-state index is -3.26. The summed E-state index contributed by atoms with van der Waals surface area (Å²) >= 11 is 0. The van der Waals surface area contributed by atoms with E-state index in [1.807, 2.05) is 0 Å². The first kappa shape index (κ1) is 22.1. The molecule has 2 saturated heterocycles. The Kier molecular flexibility index (Phi) is 5.35. The van der Waals surface area contributed by atoms with Crippen molar-refractivity contribution in [1.29, 1.82) is 0 Å². The molecule has 2 fully saturated rings. The van der Waals surface area contributed by atoms with Crippen LogP contribution in [0.2, 0.25) is 0 Å². The third-order valence-electron chi connectivity index (χ3n) is 5.77. The lowest BCUT2D eigenvalue weighted by atomic mass is 9.95. The van der Waals surface area contributed by atoms with Crippen molar-refractivity contribution in [1.82, 2.24) is 15.1 Å². The maximum Gasteiger partial charge on any atom is 0.274 e. The fraction of sp³-hybridized carbons (Fsp3) is 0.400. The maximum atomic E-state index is 14.7. The van der Waals surface area contributed by atoms with Crippen molar-refractivity contribution in [2.75, 3.05) is 13.1 Å². The van der Waals surface area contributed by atoms with Gasteiger partial charge >= 0.3 is 0 Å². The zero-order chi connectivity index (χ0) is 23.4. The quantitative estimate of drug-likeness (QED) is 0.599. The Hall–Kier alpha value is -3.15. The molecule has 2 amide bonds. The van der Waals surface area contributed by atoms with Crippen LogP contribution in [-0.4, -0.2) is 63.0 Å². The van der Waals surface area contributed by atoms with Crippen molar-refractivity contribution in [2.45, 2.75) is 37.5 Å². The molecule has 3 aliphatic rings. The molecule has 0 saturated carbocycles. The minimum Gasteiger partial charge on any atom is -0.507 e. The summed E-state index contributed by atoms with van der Waals surface area (Å²) in [6.07, 6.45) is -1.67. The second-order valence-corrected chi connectivity index (χ2v) is 7.79. The van der Waals surface area contributed by atoms with Crippen LogP contribution in [0.1, 0.15) is 18.4 Å². The fourth-order valence-electron chi connectivity index (χ4n) is 4.09. The Morgan fingerprint density at radius 3 is 2.53 bits per heavy atom. The van der Waals surface area contributed by atoms with Gasteiger partial charge in [0.1, 0.15) is 35.3 Å². The average Bonchev–Trinajstić information content (AvgIpc) is 2.84. The summed E-state index contributed by atoms with van der Waals surface area (Å²) in [5, 5.41) is 22.9. The predicted molar refractivity (Wildman–Crippen MR) is 98.3 cm³/mol. The summed E-state index contributed by atoms with van der Waals surface area (Å²) in [5.41, 5.74) is -1.82. The number of piperazine rings is 1. The van der Waals surface area contributed by atoms with Crippen molar-refractivity contribution in [2.24, 2.45) is 0 Å². The van der Waals surface area contributed by atoms with Gasteiger partial charge in [0.25, 0.3) is 17.7 Å². The first-order valence-electron chi connectivity index (χ1n) is 9.71. The van der Waals surface area contributed by atoms with Gasteiger partial charge in [-0.2, -0.15) is 0 Å². The van der Waals surface area contributed by atoms with E-state index in [-0.39, 0.29) is 19.5 Å². The number of rotatable bonds is 3. The second kappa shape index (κ2) is 7.76. The summed E-state index contributed by atoms with van der Waals surface area (Å²) in [7, 11) is 0.